The molecule has 1 aromatic heterocycles. The first kappa shape index (κ1) is 15.8. The molecule has 27 heavy (non-hydrogen) atoms. The van der Waals surface area contributed by atoms with Gasteiger partial charge in [0.1, 0.15) is 0 Å². The smallest absolute Gasteiger partial charge is 0.318 e. The van der Waals surface area contributed by atoms with Crippen LogP contribution in [0.25, 0.3) is 22.2 Å². The van der Waals surface area contributed by atoms with E-state index in [0.717, 1.165) is 27.1 Å². The first-order valence-electron chi connectivity index (χ1n) is 8.78. The highest BCUT2D eigenvalue weighted by Crippen LogP contribution is 2.42. The minimum Gasteiger partial charge on any atom is -0.318 e. The number of aromatic nitrogens is 1. The Morgan fingerprint density at radius 1 is 1.04 bits per heavy atom. The number of amides is 3. The van der Waals surface area contributed by atoms with E-state index in [9.17, 15) is 14.4 Å². The maximum absolute atomic E-state index is 13.1. The summed E-state index contributed by atoms with van der Waals surface area (Å²) in [6.07, 6.45) is -0.0573. The summed E-state index contributed by atoms with van der Waals surface area (Å²) < 4.78 is 1.61. The van der Waals surface area contributed by atoms with Crippen LogP contribution in [0.15, 0.2) is 48.5 Å². The van der Waals surface area contributed by atoms with Gasteiger partial charge < -0.3 is 5.32 Å². The number of carbonyl (C=O) groups excluding carboxylic acids is 3. The number of hydrogen-bond acceptors (Lipinski definition) is 3. The fraction of sp³-hybridized carbons (Fsp3) is 0.190. The minimum absolute atomic E-state index is 0.0573. The molecule has 0 aliphatic carbocycles. The number of hydrogen-bond donors (Lipinski definition) is 1. The minimum atomic E-state index is -1.32. The van der Waals surface area contributed by atoms with Crippen LogP contribution in [0.4, 0.5) is 4.79 Å². The molecule has 1 fully saturated rings. The lowest BCUT2D eigenvalue weighted by Crippen LogP contribution is -2.55. The molecular formula is C21H17N3O3. The van der Waals surface area contributed by atoms with Gasteiger partial charge in [0.15, 0.2) is 5.54 Å². The van der Waals surface area contributed by atoms with E-state index in [4.69, 9.17) is 0 Å². The van der Waals surface area contributed by atoms with Gasteiger partial charge in [-0.25, -0.2) is 4.79 Å². The molecule has 3 amide bonds. The average molecular weight is 359 g/mol. The van der Waals surface area contributed by atoms with Crippen molar-refractivity contribution in [3.63, 3.8) is 0 Å². The molecular weight excluding hydrogens is 342 g/mol. The van der Waals surface area contributed by atoms with Crippen LogP contribution in [0.3, 0.4) is 0 Å². The number of imide groups is 1. The number of fused-ring (bicyclic) bond motifs is 1. The lowest BCUT2D eigenvalue weighted by atomic mass is 9.85. The zero-order chi connectivity index (χ0) is 18.9. The van der Waals surface area contributed by atoms with E-state index in [1.165, 1.54) is 7.05 Å². The quantitative estimate of drug-likeness (QED) is 0.679. The van der Waals surface area contributed by atoms with Gasteiger partial charge in [0, 0.05) is 18.0 Å². The number of nitrogens with one attached hydrogen (secondary N) is 1. The van der Waals surface area contributed by atoms with Crippen molar-refractivity contribution in [2.75, 3.05) is 7.05 Å². The van der Waals surface area contributed by atoms with Crippen molar-refractivity contribution in [3.05, 3.63) is 59.7 Å². The maximum atomic E-state index is 13.1. The molecule has 134 valence electrons. The van der Waals surface area contributed by atoms with Crippen molar-refractivity contribution >= 4 is 28.7 Å². The predicted molar refractivity (Wildman–Crippen MR) is 100 cm³/mol. The van der Waals surface area contributed by atoms with E-state index in [1.807, 2.05) is 55.5 Å². The zero-order valence-corrected chi connectivity index (χ0v) is 14.9. The van der Waals surface area contributed by atoms with E-state index in [-0.39, 0.29) is 12.3 Å². The largest absolute Gasteiger partial charge is 0.327 e. The van der Waals surface area contributed by atoms with Crippen molar-refractivity contribution in [1.29, 1.82) is 0 Å². The molecule has 0 radical (unpaired) electrons. The molecule has 3 aromatic rings. The topological polar surface area (TPSA) is 71.4 Å². The second kappa shape index (κ2) is 5.07. The number of carbonyl (C=O) groups is 3. The third-order valence-electron chi connectivity index (χ3n) is 5.61. The van der Waals surface area contributed by atoms with Crippen molar-refractivity contribution in [2.45, 2.75) is 18.9 Å². The molecule has 2 aliphatic heterocycles. The fourth-order valence-electron chi connectivity index (χ4n) is 4.19. The molecule has 1 spiro atoms. The second-order valence-corrected chi connectivity index (χ2v) is 7.24. The van der Waals surface area contributed by atoms with Gasteiger partial charge in [0.2, 0.25) is 5.91 Å². The Labute approximate surface area is 155 Å². The Hall–Kier alpha value is -3.41. The molecule has 0 bridgehead atoms. The van der Waals surface area contributed by atoms with E-state index in [2.05, 4.69) is 5.32 Å². The predicted octanol–water partition coefficient (Wildman–Crippen LogP) is 2.77. The van der Waals surface area contributed by atoms with Crippen molar-refractivity contribution < 1.29 is 14.4 Å². The van der Waals surface area contributed by atoms with Gasteiger partial charge in [0.05, 0.1) is 17.6 Å². The number of benzene rings is 2. The van der Waals surface area contributed by atoms with Crippen LogP contribution in [0.2, 0.25) is 0 Å². The Kier molecular flexibility index (Phi) is 2.97. The summed E-state index contributed by atoms with van der Waals surface area (Å²) in [5.41, 5.74) is 2.85. The van der Waals surface area contributed by atoms with E-state index >= 15 is 0 Å². The first-order valence-corrected chi connectivity index (χ1v) is 8.78. The lowest BCUT2D eigenvalue weighted by Gasteiger charge is -2.33. The Balaban J connectivity index is 1.82. The SMILES string of the molecule is Cc1ccc(-c2cc3cccc4c3n2C(=O)NC42CC(=O)N(C)C2=O)cc1. The number of rotatable bonds is 1. The molecule has 1 atom stereocenters. The summed E-state index contributed by atoms with van der Waals surface area (Å²) in [7, 11) is 1.46. The number of para-hydroxylation sites is 1. The van der Waals surface area contributed by atoms with Crippen LogP contribution in [-0.2, 0) is 15.1 Å². The van der Waals surface area contributed by atoms with Crippen LogP contribution >= 0.6 is 0 Å². The van der Waals surface area contributed by atoms with Crippen molar-refractivity contribution in [3.8, 4) is 11.3 Å². The van der Waals surface area contributed by atoms with Gasteiger partial charge in [-0.15, -0.1) is 0 Å². The first-order chi connectivity index (χ1) is 12.9. The van der Waals surface area contributed by atoms with Crippen molar-refractivity contribution in [1.82, 2.24) is 14.8 Å². The number of likely N-dealkylation sites (tertiary alicyclic amines) is 1. The third kappa shape index (κ3) is 1.92. The molecule has 3 heterocycles. The molecule has 5 rings (SSSR count). The average Bonchev–Trinajstić information content (AvgIpc) is 3.14. The summed E-state index contributed by atoms with van der Waals surface area (Å²) in [5.74, 6) is -0.686. The summed E-state index contributed by atoms with van der Waals surface area (Å²) in [5, 5.41) is 3.71. The zero-order valence-electron chi connectivity index (χ0n) is 14.9. The molecule has 2 aliphatic rings. The number of aryl methyl sites for hydroxylation is 1. The van der Waals surface area contributed by atoms with Gasteiger partial charge in [0.25, 0.3) is 5.91 Å². The molecule has 0 saturated carbocycles. The van der Waals surface area contributed by atoms with Crippen LogP contribution in [-0.4, -0.2) is 34.4 Å². The fourth-order valence-corrected chi connectivity index (χ4v) is 4.19. The van der Waals surface area contributed by atoms with Crippen LogP contribution in [0.1, 0.15) is 17.5 Å². The van der Waals surface area contributed by atoms with Crippen LogP contribution in [0.5, 0.6) is 0 Å². The summed E-state index contributed by atoms with van der Waals surface area (Å²) in [4.78, 5) is 39.3. The van der Waals surface area contributed by atoms with E-state index in [0.29, 0.717) is 11.1 Å². The molecule has 1 N–H and O–H groups in total. The number of nitrogens with zero attached hydrogens (tertiary/aromatic N) is 2. The van der Waals surface area contributed by atoms with Crippen LogP contribution < -0.4 is 5.32 Å². The van der Waals surface area contributed by atoms with Gasteiger partial charge in [-0.1, -0.05) is 48.0 Å². The Bertz CT molecular complexity index is 1160. The highest BCUT2D eigenvalue weighted by atomic mass is 16.2. The number of likely N-dealkylation sites (N-methyl/N-ethyl adjacent to an activating group) is 1. The Morgan fingerprint density at radius 3 is 2.44 bits per heavy atom. The standard InChI is InChI=1S/C21H17N3O3/c1-12-6-8-13(9-7-12)16-10-14-4-3-5-15-18(14)24(16)20(27)22-21(15)11-17(25)23(2)19(21)26/h3-10H,11H2,1-2H3,(H,22,27). The molecule has 1 saturated heterocycles. The van der Waals surface area contributed by atoms with Gasteiger partial charge in [-0.05, 0) is 18.6 Å². The highest BCUT2D eigenvalue weighted by Gasteiger charge is 2.55. The Morgan fingerprint density at radius 2 is 1.78 bits per heavy atom. The molecule has 2 aromatic carbocycles. The summed E-state index contributed by atoms with van der Waals surface area (Å²) >= 11 is 0. The molecule has 6 heteroatoms. The normalized spacial score (nSPS) is 21.4. The van der Waals surface area contributed by atoms with E-state index < -0.39 is 17.5 Å². The highest BCUT2D eigenvalue weighted by molar-refractivity contribution is 6.14. The van der Waals surface area contributed by atoms with Gasteiger partial charge in [-0.2, -0.15) is 0 Å². The van der Waals surface area contributed by atoms with E-state index in [1.54, 1.807) is 4.57 Å². The van der Waals surface area contributed by atoms with Gasteiger partial charge >= 0.3 is 6.03 Å². The van der Waals surface area contributed by atoms with Crippen molar-refractivity contribution in [2.24, 2.45) is 0 Å². The van der Waals surface area contributed by atoms with Crippen LogP contribution in [0, 0.1) is 6.92 Å². The summed E-state index contributed by atoms with van der Waals surface area (Å²) in [6, 6.07) is 15.1. The maximum Gasteiger partial charge on any atom is 0.327 e. The third-order valence-corrected chi connectivity index (χ3v) is 5.61. The lowest BCUT2D eigenvalue weighted by molar-refractivity contribution is -0.138. The monoisotopic (exact) mass is 359 g/mol. The molecule has 6 nitrogen and oxygen atoms in total. The second-order valence-electron chi connectivity index (χ2n) is 7.24. The van der Waals surface area contributed by atoms with Gasteiger partial charge in [-0.3, -0.25) is 19.1 Å². The molecule has 1 unspecified atom stereocenters. The summed E-state index contributed by atoms with van der Waals surface area (Å²) in [6.45, 7) is 2.01.